The van der Waals surface area contributed by atoms with Crippen LogP contribution in [0.5, 0.6) is 0 Å². The lowest BCUT2D eigenvalue weighted by Crippen LogP contribution is -2.48. The summed E-state index contributed by atoms with van der Waals surface area (Å²) < 4.78 is 5.05. The summed E-state index contributed by atoms with van der Waals surface area (Å²) in [5.41, 5.74) is 0.457. The molecule has 1 aromatic heterocycles. The van der Waals surface area contributed by atoms with Crippen LogP contribution in [-0.4, -0.2) is 52.7 Å². The van der Waals surface area contributed by atoms with Gasteiger partial charge in [-0.1, -0.05) is 0 Å². The predicted octanol–water partition coefficient (Wildman–Crippen LogP) is 0.00720. The minimum atomic E-state index is -1.05. The van der Waals surface area contributed by atoms with Crippen molar-refractivity contribution in [2.24, 2.45) is 0 Å². The molecule has 1 atom stereocenters. The molecular formula is C11H12N2O4. The fraction of sp³-hybridized carbons (Fsp3) is 0.364. The average molecular weight is 236 g/mol. The number of carbonyl (C=O) groups is 2. The molecule has 0 aliphatic carbocycles. The number of aromatic nitrogens is 1. The van der Waals surface area contributed by atoms with Gasteiger partial charge in [0.05, 0.1) is 18.7 Å². The molecule has 1 fully saturated rings. The van der Waals surface area contributed by atoms with Crippen LogP contribution in [0, 0.1) is 0 Å². The quantitative estimate of drug-likeness (QED) is 0.782. The summed E-state index contributed by atoms with van der Waals surface area (Å²) in [5.74, 6) is -1.26. The molecule has 0 aromatic carbocycles. The van der Waals surface area contributed by atoms with E-state index in [1.54, 1.807) is 18.3 Å². The molecule has 2 heterocycles. The highest BCUT2D eigenvalue weighted by molar-refractivity contribution is 5.94. The van der Waals surface area contributed by atoms with Crippen molar-refractivity contribution >= 4 is 11.9 Å². The van der Waals surface area contributed by atoms with E-state index >= 15 is 0 Å². The Labute approximate surface area is 97.8 Å². The van der Waals surface area contributed by atoms with Gasteiger partial charge in [0.2, 0.25) is 0 Å². The number of carbonyl (C=O) groups excluding carboxylic acids is 1. The third-order valence-corrected chi connectivity index (χ3v) is 2.54. The second-order valence-electron chi connectivity index (χ2n) is 3.69. The van der Waals surface area contributed by atoms with Gasteiger partial charge >= 0.3 is 5.97 Å². The summed E-state index contributed by atoms with van der Waals surface area (Å²) in [6.45, 7) is 0.712. The largest absolute Gasteiger partial charge is 0.479 e. The zero-order valence-electron chi connectivity index (χ0n) is 9.07. The van der Waals surface area contributed by atoms with Gasteiger partial charge in [-0.3, -0.25) is 9.78 Å². The molecule has 2 rings (SSSR count). The maximum atomic E-state index is 12.0. The first-order chi connectivity index (χ1) is 8.18. The second-order valence-corrected chi connectivity index (χ2v) is 3.69. The number of hydrogen-bond donors (Lipinski definition) is 1. The standard InChI is InChI=1S/C11H12N2O4/c14-10(8-2-1-3-12-6-8)13-4-5-17-9(7-13)11(15)16/h1-3,6,9H,4-5,7H2,(H,15,16). The Morgan fingerprint density at radius 2 is 2.35 bits per heavy atom. The van der Waals surface area contributed by atoms with Crippen molar-refractivity contribution in [2.45, 2.75) is 6.10 Å². The Kier molecular flexibility index (Phi) is 3.34. The van der Waals surface area contributed by atoms with Gasteiger partial charge in [-0.05, 0) is 12.1 Å². The molecule has 90 valence electrons. The van der Waals surface area contributed by atoms with E-state index in [9.17, 15) is 9.59 Å². The number of pyridine rings is 1. The van der Waals surface area contributed by atoms with Crippen LogP contribution in [0.4, 0.5) is 0 Å². The molecule has 1 N–H and O–H groups in total. The van der Waals surface area contributed by atoms with Crippen LogP contribution < -0.4 is 0 Å². The van der Waals surface area contributed by atoms with Crippen molar-refractivity contribution in [2.75, 3.05) is 19.7 Å². The van der Waals surface area contributed by atoms with Crippen molar-refractivity contribution in [3.8, 4) is 0 Å². The first-order valence-corrected chi connectivity index (χ1v) is 5.22. The summed E-state index contributed by atoms with van der Waals surface area (Å²) >= 11 is 0. The Morgan fingerprint density at radius 1 is 1.53 bits per heavy atom. The minimum Gasteiger partial charge on any atom is -0.479 e. The van der Waals surface area contributed by atoms with Gasteiger partial charge in [0.1, 0.15) is 0 Å². The molecule has 0 radical (unpaired) electrons. The molecule has 0 bridgehead atoms. The summed E-state index contributed by atoms with van der Waals surface area (Å²) in [6.07, 6.45) is 2.10. The van der Waals surface area contributed by atoms with E-state index in [2.05, 4.69) is 4.98 Å². The normalized spacial score (nSPS) is 20.0. The summed E-state index contributed by atoms with van der Waals surface area (Å²) in [5, 5.41) is 8.83. The van der Waals surface area contributed by atoms with Crippen LogP contribution in [-0.2, 0) is 9.53 Å². The molecule has 17 heavy (non-hydrogen) atoms. The van der Waals surface area contributed by atoms with Crippen molar-refractivity contribution in [3.63, 3.8) is 0 Å². The molecular weight excluding hydrogens is 224 g/mol. The molecule has 1 aliphatic rings. The SMILES string of the molecule is O=C(O)C1CN(C(=O)c2cccnc2)CCO1. The van der Waals surface area contributed by atoms with E-state index in [0.29, 0.717) is 12.1 Å². The minimum absolute atomic E-state index is 0.0725. The lowest BCUT2D eigenvalue weighted by atomic mass is 10.2. The van der Waals surface area contributed by atoms with E-state index < -0.39 is 12.1 Å². The number of hydrogen-bond acceptors (Lipinski definition) is 4. The van der Waals surface area contributed by atoms with Gasteiger partial charge in [-0.25, -0.2) is 4.79 Å². The van der Waals surface area contributed by atoms with Crippen molar-refractivity contribution in [3.05, 3.63) is 30.1 Å². The monoisotopic (exact) mass is 236 g/mol. The molecule has 1 aliphatic heterocycles. The number of ether oxygens (including phenoxy) is 1. The number of morpholine rings is 1. The van der Waals surface area contributed by atoms with Gasteiger partial charge < -0.3 is 14.7 Å². The topological polar surface area (TPSA) is 79.7 Å². The summed E-state index contributed by atoms with van der Waals surface area (Å²) in [4.78, 5) is 28.1. The van der Waals surface area contributed by atoms with E-state index in [4.69, 9.17) is 9.84 Å². The van der Waals surface area contributed by atoms with Crippen LogP contribution in [0.1, 0.15) is 10.4 Å². The van der Waals surface area contributed by atoms with Crippen LogP contribution >= 0.6 is 0 Å². The van der Waals surface area contributed by atoms with E-state index in [1.807, 2.05) is 0 Å². The molecule has 6 nitrogen and oxygen atoms in total. The lowest BCUT2D eigenvalue weighted by molar-refractivity contribution is -0.154. The lowest BCUT2D eigenvalue weighted by Gasteiger charge is -2.30. The fourth-order valence-electron chi connectivity index (χ4n) is 1.65. The van der Waals surface area contributed by atoms with Crippen molar-refractivity contribution in [1.82, 2.24) is 9.88 Å². The first kappa shape index (κ1) is 11.5. The molecule has 0 spiro atoms. The van der Waals surface area contributed by atoms with E-state index in [-0.39, 0.29) is 19.1 Å². The number of carboxylic acids is 1. The zero-order valence-corrected chi connectivity index (χ0v) is 9.07. The average Bonchev–Trinajstić information content (AvgIpc) is 2.39. The second kappa shape index (κ2) is 4.92. The third-order valence-electron chi connectivity index (χ3n) is 2.54. The summed E-state index contributed by atoms with van der Waals surface area (Å²) in [7, 11) is 0. The third kappa shape index (κ3) is 2.59. The van der Waals surface area contributed by atoms with Gasteiger partial charge in [0.25, 0.3) is 5.91 Å². The van der Waals surface area contributed by atoms with Crippen LogP contribution in [0.15, 0.2) is 24.5 Å². The van der Waals surface area contributed by atoms with E-state index in [1.165, 1.54) is 11.1 Å². The highest BCUT2D eigenvalue weighted by Crippen LogP contribution is 2.10. The van der Waals surface area contributed by atoms with Crippen LogP contribution in [0.25, 0.3) is 0 Å². The highest BCUT2D eigenvalue weighted by Gasteiger charge is 2.29. The number of amides is 1. The smallest absolute Gasteiger partial charge is 0.334 e. The Morgan fingerprint density at radius 3 is 3.00 bits per heavy atom. The highest BCUT2D eigenvalue weighted by atomic mass is 16.5. The van der Waals surface area contributed by atoms with Gasteiger partial charge in [-0.2, -0.15) is 0 Å². The van der Waals surface area contributed by atoms with Gasteiger partial charge in [0.15, 0.2) is 6.10 Å². The molecule has 1 aromatic rings. The summed E-state index contributed by atoms with van der Waals surface area (Å²) in [6, 6.07) is 3.32. The van der Waals surface area contributed by atoms with E-state index in [0.717, 1.165) is 0 Å². The number of carboxylic acid groups (broad SMARTS) is 1. The molecule has 1 saturated heterocycles. The Bertz CT molecular complexity index is 421. The Balaban J connectivity index is 2.07. The number of rotatable bonds is 2. The maximum absolute atomic E-state index is 12.0. The number of aliphatic carboxylic acids is 1. The fourth-order valence-corrected chi connectivity index (χ4v) is 1.65. The number of nitrogens with zero attached hydrogens (tertiary/aromatic N) is 2. The molecule has 1 amide bonds. The predicted molar refractivity (Wildman–Crippen MR) is 57.5 cm³/mol. The van der Waals surface area contributed by atoms with Gasteiger partial charge in [-0.15, -0.1) is 0 Å². The van der Waals surface area contributed by atoms with Gasteiger partial charge in [0, 0.05) is 18.9 Å². The van der Waals surface area contributed by atoms with Crippen LogP contribution in [0.2, 0.25) is 0 Å². The first-order valence-electron chi connectivity index (χ1n) is 5.22. The molecule has 6 heteroatoms. The van der Waals surface area contributed by atoms with Crippen LogP contribution in [0.3, 0.4) is 0 Å². The molecule has 0 saturated carbocycles. The molecule has 1 unspecified atom stereocenters. The maximum Gasteiger partial charge on any atom is 0.334 e. The zero-order chi connectivity index (χ0) is 12.3. The Hall–Kier alpha value is -1.95. The van der Waals surface area contributed by atoms with Crippen molar-refractivity contribution in [1.29, 1.82) is 0 Å². The van der Waals surface area contributed by atoms with Crippen molar-refractivity contribution < 1.29 is 19.4 Å².